The van der Waals surface area contributed by atoms with Crippen molar-refractivity contribution in [1.82, 2.24) is 15.3 Å². The summed E-state index contributed by atoms with van der Waals surface area (Å²) in [6, 6.07) is 15.5. The molecule has 1 amide bonds. The maximum Gasteiger partial charge on any atom is 0.253 e. The van der Waals surface area contributed by atoms with Crippen molar-refractivity contribution in [3.63, 3.8) is 0 Å². The average Bonchev–Trinajstić information content (AvgIpc) is 2.69. The average molecular weight is 360 g/mol. The monoisotopic (exact) mass is 360 g/mol. The molecular formula is C22H24N4O. The second-order valence-corrected chi connectivity index (χ2v) is 6.75. The Bertz CT molecular complexity index is 905. The standard InChI is InChI=1S/C22H24N4O/c1-15(2)19-9-6-7-16(3)21(19)26-20-11-10-17(13-24-20)22(27)25-14-18-8-4-5-12-23-18/h4-13,15H,14H2,1-3H3,(H,24,26)(H,25,27). The fraction of sp³-hybridized carbons (Fsp3) is 0.227. The number of anilines is 2. The van der Waals surface area contributed by atoms with E-state index in [4.69, 9.17) is 0 Å². The Morgan fingerprint density at radius 2 is 1.89 bits per heavy atom. The first-order chi connectivity index (χ1) is 13.0. The van der Waals surface area contributed by atoms with Crippen molar-refractivity contribution >= 4 is 17.4 Å². The summed E-state index contributed by atoms with van der Waals surface area (Å²) in [5.41, 5.74) is 4.82. The molecule has 5 heteroatoms. The molecule has 0 fully saturated rings. The van der Waals surface area contributed by atoms with Gasteiger partial charge in [0.25, 0.3) is 5.91 Å². The lowest BCUT2D eigenvalue weighted by molar-refractivity contribution is 0.0950. The van der Waals surface area contributed by atoms with Crippen LogP contribution in [0.1, 0.15) is 46.9 Å². The molecule has 0 saturated heterocycles. The predicted molar refractivity (Wildman–Crippen MR) is 108 cm³/mol. The van der Waals surface area contributed by atoms with E-state index in [2.05, 4.69) is 59.6 Å². The van der Waals surface area contributed by atoms with E-state index in [-0.39, 0.29) is 5.91 Å². The highest BCUT2D eigenvalue weighted by Gasteiger charge is 2.11. The minimum Gasteiger partial charge on any atom is -0.346 e. The van der Waals surface area contributed by atoms with Crippen LogP contribution in [0.15, 0.2) is 60.9 Å². The number of aryl methyl sites for hydroxylation is 1. The van der Waals surface area contributed by atoms with Crippen LogP contribution in [0.5, 0.6) is 0 Å². The van der Waals surface area contributed by atoms with Crippen molar-refractivity contribution in [2.24, 2.45) is 0 Å². The summed E-state index contributed by atoms with van der Waals surface area (Å²) in [4.78, 5) is 20.9. The molecule has 0 spiro atoms. The topological polar surface area (TPSA) is 66.9 Å². The third-order valence-corrected chi connectivity index (χ3v) is 4.36. The summed E-state index contributed by atoms with van der Waals surface area (Å²) in [5.74, 6) is 0.954. The Morgan fingerprint density at radius 3 is 2.56 bits per heavy atom. The molecule has 0 radical (unpaired) electrons. The third kappa shape index (κ3) is 4.70. The van der Waals surface area contributed by atoms with Gasteiger partial charge in [-0.1, -0.05) is 38.1 Å². The van der Waals surface area contributed by atoms with Gasteiger partial charge in [0.1, 0.15) is 5.82 Å². The highest BCUT2D eigenvalue weighted by Crippen LogP contribution is 2.29. The minimum absolute atomic E-state index is 0.168. The Morgan fingerprint density at radius 1 is 1.04 bits per heavy atom. The van der Waals surface area contributed by atoms with Crippen molar-refractivity contribution in [3.8, 4) is 0 Å². The molecule has 0 unspecified atom stereocenters. The lowest BCUT2D eigenvalue weighted by atomic mass is 9.98. The number of benzene rings is 1. The molecule has 27 heavy (non-hydrogen) atoms. The van der Waals surface area contributed by atoms with Crippen molar-refractivity contribution in [2.45, 2.75) is 33.2 Å². The molecule has 2 aromatic heterocycles. The SMILES string of the molecule is Cc1cccc(C(C)C)c1Nc1ccc(C(=O)NCc2ccccn2)cn1. The first-order valence-electron chi connectivity index (χ1n) is 9.05. The van der Waals surface area contributed by atoms with Crippen molar-refractivity contribution in [1.29, 1.82) is 0 Å². The Kier molecular flexibility index (Phi) is 5.81. The molecule has 3 rings (SSSR count). The van der Waals surface area contributed by atoms with Crippen LogP contribution in [0.25, 0.3) is 0 Å². The maximum atomic E-state index is 12.3. The van der Waals surface area contributed by atoms with Gasteiger partial charge in [-0.15, -0.1) is 0 Å². The summed E-state index contributed by atoms with van der Waals surface area (Å²) in [6.45, 7) is 6.80. The molecule has 0 atom stereocenters. The lowest BCUT2D eigenvalue weighted by Gasteiger charge is -2.17. The van der Waals surface area contributed by atoms with E-state index in [9.17, 15) is 4.79 Å². The van der Waals surface area contributed by atoms with E-state index in [0.29, 0.717) is 23.8 Å². The summed E-state index contributed by atoms with van der Waals surface area (Å²) in [5, 5.41) is 6.25. The van der Waals surface area contributed by atoms with Crippen LogP contribution in [-0.4, -0.2) is 15.9 Å². The summed E-state index contributed by atoms with van der Waals surface area (Å²) >= 11 is 0. The quantitative estimate of drug-likeness (QED) is 0.675. The van der Waals surface area contributed by atoms with Crippen molar-refractivity contribution in [3.05, 3.63) is 83.3 Å². The van der Waals surface area contributed by atoms with Crippen LogP contribution < -0.4 is 10.6 Å². The normalized spacial score (nSPS) is 10.7. The number of para-hydroxylation sites is 1. The largest absolute Gasteiger partial charge is 0.346 e. The van der Waals surface area contributed by atoms with E-state index in [1.54, 1.807) is 18.5 Å². The fourth-order valence-corrected chi connectivity index (χ4v) is 2.85. The van der Waals surface area contributed by atoms with E-state index in [1.807, 2.05) is 24.3 Å². The van der Waals surface area contributed by atoms with E-state index in [1.165, 1.54) is 11.1 Å². The first kappa shape index (κ1) is 18.6. The summed E-state index contributed by atoms with van der Waals surface area (Å²) in [6.07, 6.45) is 3.30. The zero-order chi connectivity index (χ0) is 19.2. The number of nitrogens with one attached hydrogen (secondary N) is 2. The molecule has 2 heterocycles. The number of carbonyl (C=O) groups is 1. The van der Waals surface area contributed by atoms with Gasteiger partial charge in [0.05, 0.1) is 17.8 Å². The number of hydrogen-bond acceptors (Lipinski definition) is 4. The summed E-state index contributed by atoms with van der Waals surface area (Å²) in [7, 11) is 0. The molecule has 0 saturated carbocycles. The van der Waals surface area contributed by atoms with Gasteiger partial charge in [0, 0.05) is 18.1 Å². The molecule has 2 N–H and O–H groups in total. The van der Waals surface area contributed by atoms with Crippen molar-refractivity contribution in [2.75, 3.05) is 5.32 Å². The van der Waals surface area contributed by atoms with E-state index >= 15 is 0 Å². The molecular weight excluding hydrogens is 336 g/mol. The number of hydrogen-bond donors (Lipinski definition) is 2. The van der Waals surface area contributed by atoms with Crippen LogP contribution in [-0.2, 0) is 6.54 Å². The number of carbonyl (C=O) groups excluding carboxylic acids is 1. The zero-order valence-corrected chi connectivity index (χ0v) is 15.9. The van der Waals surface area contributed by atoms with Crippen LogP contribution >= 0.6 is 0 Å². The van der Waals surface area contributed by atoms with E-state index in [0.717, 1.165) is 11.4 Å². The molecule has 0 bridgehead atoms. The van der Waals surface area contributed by atoms with Gasteiger partial charge in [0.15, 0.2) is 0 Å². The molecule has 5 nitrogen and oxygen atoms in total. The van der Waals surface area contributed by atoms with Gasteiger partial charge in [-0.3, -0.25) is 9.78 Å². The molecule has 138 valence electrons. The summed E-state index contributed by atoms with van der Waals surface area (Å²) < 4.78 is 0. The molecule has 1 aromatic carbocycles. The van der Waals surface area contributed by atoms with Gasteiger partial charge >= 0.3 is 0 Å². The van der Waals surface area contributed by atoms with Gasteiger partial charge in [-0.05, 0) is 48.2 Å². The number of rotatable bonds is 6. The Balaban J connectivity index is 1.68. The van der Waals surface area contributed by atoms with Crippen LogP contribution in [0.2, 0.25) is 0 Å². The second kappa shape index (κ2) is 8.45. The van der Waals surface area contributed by atoms with Gasteiger partial charge in [-0.2, -0.15) is 0 Å². The van der Waals surface area contributed by atoms with Gasteiger partial charge in [0.2, 0.25) is 0 Å². The zero-order valence-electron chi connectivity index (χ0n) is 15.9. The molecule has 0 aliphatic rings. The predicted octanol–water partition coefficient (Wildman–Crippen LogP) is 4.58. The third-order valence-electron chi connectivity index (χ3n) is 4.36. The second-order valence-electron chi connectivity index (χ2n) is 6.75. The van der Waals surface area contributed by atoms with E-state index < -0.39 is 0 Å². The van der Waals surface area contributed by atoms with Gasteiger partial charge < -0.3 is 10.6 Å². The lowest BCUT2D eigenvalue weighted by Crippen LogP contribution is -2.23. The number of pyridine rings is 2. The fourth-order valence-electron chi connectivity index (χ4n) is 2.85. The molecule has 3 aromatic rings. The maximum absolute atomic E-state index is 12.3. The highest BCUT2D eigenvalue weighted by atomic mass is 16.1. The highest BCUT2D eigenvalue weighted by molar-refractivity contribution is 5.94. The van der Waals surface area contributed by atoms with Gasteiger partial charge in [-0.25, -0.2) is 4.98 Å². The van der Waals surface area contributed by atoms with Crippen LogP contribution in [0.3, 0.4) is 0 Å². The van der Waals surface area contributed by atoms with Crippen molar-refractivity contribution < 1.29 is 4.79 Å². The molecule has 0 aliphatic carbocycles. The molecule has 0 aliphatic heterocycles. The Labute approximate surface area is 159 Å². The van der Waals surface area contributed by atoms with Crippen LogP contribution in [0, 0.1) is 6.92 Å². The number of aromatic nitrogens is 2. The number of amides is 1. The minimum atomic E-state index is -0.168. The number of nitrogens with zero attached hydrogens (tertiary/aromatic N) is 2. The van der Waals surface area contributed by atoms with Crippen LogP contribution in [0.4, 0.5) is 11.5 Å². The Hall–Kier alpha value is -3.21. The smallest absolute Gasteiger partial charge is 0.253 e. The first-order valence-corrected chi connectivity index (χ1v) is 9.05.